The van der Waals surface area contributed by atoms with Crippen LogP contribution in [0.3, 0.4) is 0 Å². The first-order valence-electron chi connectivity index (χ1n) is 5.00. The third kappa shape index (κ3) is 6.15. The summed E-state index contributed by atoms with van der Waals surface area (Å²) in [5, 5.41) is 0. The maximum absolute atomic E-state index is 2.35. The molecule has 0 radical (unpaired) electrons. The topological polar surface area (TPSA) is 0 Å². The molecule has 0 saturated heterocycles. The second-order valence-corrected chi connectivity index (χ2v) is 3.18. The molecule has 0 aliphatic heterocycles. The summed E-state index contributed by atoms with van der Waals surface area (Å²) in [4.78, 5) is 0. The molecule has 0 rings (SSSR count). The van der Waals surface area contributed by atoms with Crippen LogP contribution in [0.2, 0.25) is 0 Å². The molecule has 0 aliphatic carbocycles. The highest BCUT2D eigenvalue weighted by Crippen LogP contribution is 2.12. The highest BCUT2D eigenvalue weighted by atomic mass is 14.0. The molecule has 0 aromatic rings. The van der Waals surface area contributed by atoms with Crippen molar-refractivity contribution >= 4 is 0 Å². The summed E-state index contributed by atoms with van der Waals surface area (Å²) < 4.78 is 0. The Morgan fingerprint density at radius 3 is 2.09 bits per heavy atom. The average Bonchev–Trinajstić information content (AvgIpc) is 2.05. The Hall–Kier alpha value is -0.260. The first-order valence-corrected chi connectivity index (χ1v) is 5.00. The van der Waals surface area contributed by atoms with Gasteiger partial charge in [0.2, 0.25) is 0 Å². The van der Waals surface area contributed by atoms with Gasteiger partial charge in [-0.2, -0.15) is 0 Å². The number of allylic oxidation sites excluding steroid dienone is 2. The molecule has 0 bridgehead atoms. The van der Waals surface area contributed by atoms with Crippen molar-refractivity contribution in [2.75, 3.05) is 0 Å². The first kappa shape index (κ1) is 10.7. The van der Waals surface area contributed by atoms with Crippen LogP contribution in [0.25, 0.3) is 0 Å². The Balaban J connectivity index is 3.33. The van der Waals surface area contributed by atoms with E-state index in [9.17, 15) is 0 Å². The van der Waals surface area contributed by atoms with Gasteiger partial charge in [0, 0.05) is 0 Å². The number of hydrogen-bond donors (Lipinski definition) is 0. The van der Waals surface area contributed by atoms with Crippen molar-refractivity contribution in [1.82, 2.24) is 0 Å². The molecular weight excluding hydrogens is 132 g/mol. The van der Waals surface area contributed by atoms with Gasteiger partial charge in [0.25, 0.3) is 0 Å². The van der Waals surface area contributed by atoms with Gasteiger partial charge in [0.15, 0.2) is 0 Å². The lowest BCUT2D eigenvalue weighted by Gasteiger charge is -2.07. The zero-order chi connectivity index (χ0) is 8.53. The molecule has 0 aliphatic rings. The van der Waals surface area contributed by atoms with Crippen LogP contribution in [0, 0.1) is 5.92 Å². The van der Waals surface area contributed by atoms with E-state index in [1.54, 1.807) is 0 Å². The van der Waals surface area contributed by atoms with E-state index in [1.165, 1.54) is 32.1 Å². The number of rotatable bonds is 6. The summed E-state index contributed by atoms with van der Waals surface area (Å²) in [7, 11) is 0. The summed E-state index contributed by atoms with van der Waals surface area (Å²) in [6.45, 7) is 6.78. The van der Waals surface area contributed by atoms with E-state index < -0.39 is 0 Å². The highest BCUT2D eigenvalue weighted by molar-refractivity contribution is 4.83. The Morgan fingerprint density at radius 1 is 1.00 bits per heavy atom. The van der Waals surface area contributed by atoms with Crippen LogP contribution in [-0.4, -0.2) is 0 Å². The van der Waals surface area contributed by atoms with Gasteiger partial charge in [-0.1, -0.05) is 52.2 Å². The van der Waals surface area contributed by atoms with Crippen molar-refractivity contribution in [2.24, 2.45) is 5.92 Å². The van der Waals surface area contributed by atoms with Crippen LogP contribution in [0.15, 0.2) is 12.2 Å². The molecule has 0 N–H and O–H groups in total. The minimum absolute atomic E-state index is 0.920. The van der Waals surface area contributed by atoms with Crippen LogP contribution >= 0.6 is 0 Å². The first-order chi connectivity index (χ1) is 5.35. The van der Waals surface area contributed by atoms with Crippen LogP contribution in [0.4, 0.5) is 0 Å². The Bertz CT molecular complexity index is 88.2. The van der Waals surface area contributed by atoms with Crippen LogP contribution in [0.1, 0.15) is 52.9 Å². The van der Waals surface area contributed by atoms with E-state index in [0.29, 0.717) is 0 Å². The molecule has 0 aromatic heterocycles. The molecule has 0 unspecified atom stereocenters. The van der Waals surface area contributed by atoms with Gasteiger partial charge in [-0.25, -0.2) is 0 Å². The Labute approximate surface area is 71.7 Å². The molecular formula is C11H22. The van der Waals surface area contributed by atoms with E-state index in [4.69, 9.17) is 0 Å². The van der Waals surface area contributed by atoms with Crippen molar-refractivity contribution in [3.8, 4) is 0 Å². The largest absolute Gasteiger partial charge is 0.0885 e. The van der Waals surface area contributed by atoms with E-state index >= 15 is 0 Å². The monoisotopic (exact) mass is 154 g/mol. The lowest BCUT2D eigenvalue weighted by Crippen LogP contribution is -1.93. The highest BCUT2D eigenvalue weighted by Gasteiger charge is 1.98. The standard InChI is InChI=1S/C11H22/c1-4-7-8-9-10-11(5-2)6-3/h8-9,11H,4-7,10H2,1-3H3. The molecule has 0 heteroatoms. The third-order valence-corrected chi connectivity index (χ3v) is 2.25. The molecule has 0 heterocycles. The van der Waals surface area contributed by atoms with Crippen molar-refractivity contribution in [3.63, 3.8) is 0 Å². The fourth-order valence-corrected chi connectivity index (χ4v) is 1.20. The second-order valence-electron chi connectivity index (χ2n) is 3.18. The smallest absolute Gasteiger partial charge is 0.0322 e. The SMILES string of the molecule is CCCC=CCC(CC)CC. The fourth-order valence-electron chi connectivity index (χ4n) is 1.20. The van der Waals surface area contributed by atoms with E-state index in [1.807, 2.05) is 0 Å². The lowest BCUT2D eigenvalue weighted by atomic mass is 9.99. The summed E-state index contributed by atoms with van der Waals surface area (Å²) in [5.74, 6) is 0.920. The van der Waals surface area contributed by atoms with Crippen LogP contribution in [0.5, 0.6) is 0 Å². The lowest BCUT2D eigenvalue weighted by molar-refractivity contribution is 0.499. The maximum atomic E-state index is 2.35. The molecule has 0 spiro atoms. The van der Waals surface area contributed by atoms with Gasteiger partial charge >= 0.3 is 0 Å². The maximum Gasteiger partial charge on any atom is -0.0322 e. The van der Waals surface area contributed by atoms with Gasteiger partial charge in [0.05, 0.1) is 0 Å². The van der Waals surface area contributed by atoms with Gasteiger partial charge in [-0.15, -0.1) is 0 Å². The van der Waals surface area contributed by atoms with E-state index in [2.05, 4.69) is 32.9 Å². The number of hydrogen-bond acceptors (Lipinski definition) is 0. The minimum atomic E-state index is 0.920. The van der Waals surface area contributed by atoms with Gasteiger partial charge < -0.3 is 0 Å². The third-order valence-electron chi connectivity index (χ3n) is 2.25. The molecule has 0 nitrogen and oxygen atoms in total. The molecule has 0 atom stereocenters. The average molecular weight is 154 g/mol. The molecule has 0 aromatic carbocycles. The fraction of sp³-hybridized carbons (Fsp3) is 0.818. The zero-order valence-corrected chi connectivity index (χ0v) is 8.27. The molecule has 0 amide bonds. The zero-order valence-electron chi connectivity index (χ0n) is 8.27. The van der Waals surface area contributed by atoms with Gasteiger partial charge in [-0.3, -0.25) is 0 Å². The van der Waals surface area contributed by atoms with Gasteiger partial charge in [-0.05, 0) is 18.8 Å². The Kier molecular flexibility index (Phi) is 7.66. The van der Waals surface area contributed by atoms with Crippen molar-refractivity contribution in [2.45, 2.75) is 52.9 Å². The predicted molar refractivity (Wildman–Crippen MR) is 52.7 cm³/mol. The molecule has 0 fully saturated rings. The van der Waals surface area contributed by atoms with Crippen molar-refractivity contribution in [1.29, 1.82) is 0 Å². The Morgan fingerprint density at radius 2 is 1.64 bits per heavy atom. The predicted octanol–water partition coefficient (Wildman–Crippen LogP) is 4.17. The summed E-state index contributed by atoms with van der Waals surface area (Å²) in [6, 6.07) is 0. The van der Waals surface area contributed by atoms with Crippen LogP contribution < -0.4 is 0 Å². The molecule has 11 heavy (non-hydrogen) atoms. The van der Waals surface area contributed by atoms with Gasteiger partial charge in [0.1, 0.15) is 0 Å². The van der Waals surface area contributed by atoms with Crippen molar-refractivity contribution < 1.29 is 0 Å². The van der Waals surface area contributed by atoms with Crippen molar-refractivity contribution in [3.05, 3.63) is 12.2 Å². The van der Waals surface area contributed by atoms with E-state index in [0.717, 1.165) is 5.92 Å². The summed E-state index contributed by atoms with van der Waals surface area (Å²) in [6.07, 6.45) is 11.1. The van der Waals surface area contributed by atoms with Crippen LogP contribution in [-0.2, 0) is 0 Å². The summed E-state index contributed by atoms with van der Waals surface area (Å²) in [5.41, 5.74) is 0. The van der Waals surface area contributed by atoms with E-state index in [-0.39, 0.29) is 0 Å². The minimum Gasteiger partial charge on any atom is -0.0885 e. The molecule has 66 valence electrons. The number of unbranched alkanes of at least 4 members (excludes halogenated alkanes) is 1. The normalized spacial score (nSPS) is 11.6. The molecule has 0 saturated carbocycles. The summed E-state index contributed by atoms with van der Waals surface area (Å²) >= 11 is 0. The quantitative estimate of drug-likeness (QED) is 0.504. The second kappa shape index (κ2) is 7.84.